The third-order valence-corrected chi connectivity index (χ3v) is 4.50. The van der Waals surface area contributed by atoms with Gasteiger partial charge < -0.3 is 9.84 Å². The highest BCUT2D eigenvalue weighted by Gasteiger charge is 2.25. The van der Waals surface area contributed by atoms with Crippen LogP contribution in [0, 0.1) is 6.92 Å². The molecule has 0 aromatic carbocycles. The van der Waals surface area contributed by atoms with Gasteiger partial charge in [-0.25, -0.2) is 4.68 Å². The molecule has 0 aliphatic carbocycles. The van der Waals surface area contributed by atoms with Crippen molar-refractivity contribution in [2.75, 3.05) is 7.11 Å². The van der Waals surface area contributed by atoms with Crippen LogP contribution in [0.1, 0.15) is 22.2 Å². The Labute approximate surface area is 112 Å². The molecular formula is C11H13BrN2O2S. The fourth-order valence-corrected chi connectivity index (χ4v) is 3.42. The summed E-state index contributed by atoms with van der Waals surface area (Å²) >= 11 is 4.92. The third-order valence-electron chi connectivity index (χ3n) is 2.57. The van der Waals surface area contributed by atoms with Crippen LogP contribution >= 0.6 is 27.3 Å². The molecule has 4 nitrogen and oxygen atoms in total. The normalized spacial score (nSPS) is 12.8. The van der Waals surface area contributed by atoms with E-state index >= 15 is 0 Å². The van der Waals surface area contributed by atoms with E-state index < -0.39 is 6.10 Å². The van der Waals surface area contributed by atoms with Gasteiger partial charge in [0.1, 0.15) is 6.10 Å². The molecule has 0 aliphatic heterocycles. The van der Waals surface area contributed by atoms with Gasteiger partial charge in [0.25, 0.3) is 0 Å². The van der Waals surface area contributed by atoms with Crippen molar-refractivity contribution < 1.29 is 9.84 Å². The van der Waals surface area contributed by atoms with Gasteiger partial charge in [-0.3, -0.25) is 0 Å². The number of nitrogens with zero attached hydrogens (tertiary/aromatic N) is 2. The molecule has 0 radical (unpaired) electrons. The summed E-state index contributed by atoms with van der Waals surface area (Å²) in [5, 5.41) is 16.6. The summed E-state index contributed by atoms with van der Waals surface area (Å²) in [4.78, 5) is 0.861. The first-order chi connectivity index (χ1) is 8.06. The number of aromatic nitrogens is 2. The second-order valence-electron chi connectivity index (χ2n) is 3.67. The van der Waals surface area contributed by atoms with Crippen molar-refractivity contribution in [2.45, 2.75) is 13.0 Å². The Bertz CT molecular complexity index is 536. The largest absolute Gasteiger partial charge is 0.481 e. The maximum absolute atomic E-state index is 10.4. The fraction of sp³-hybridized carbons (Fsp3) is 0.364. The van der Waals surface area contributed by atoms with Crippen LogP contribution in [0.2, 0.25) is 0 Å². The first-order valence-electron chi connectivity index (χ1n) is 5.04. The average molecular weight is 317 g/mol. The minimum atomic E-state index is -0.715. The summed E-state index contributed by atoms with van der Waals surface area (Å²) in [6.07, 6.45) is -0.715. The topological polar surface area (TPSA) is 47.3 Å². The average Bonchev–Trinajstić information content (AvgIpc) is 2.81. The van der Waals surface area contributed by atoms with Crippen molar-refractivity contribution in [1.82, 2.24) is 9.78 Å². The van der Waals surface area contributed by atoms with E-state index in [0.29, 0.717) is 5.88 Å². The zero-order valence-electron chi connectivity index (χ0n) is 9.77. The van der Waals surface area contributed by atoms with E-state index in [9.17, 15) is 5.11 Å². The number of halogens is 1. The van der Waals surface area contributed by atoms with Crippen molar-refractivity contribution in [2.24, 2.45) is 7.05 Å². The molecule has 2 aromatic rings. The Kier molecular flexibility index (Phi) is 3.56. The number of aliphatic hydroxyl groups excluding tert-OH is 1. The molecule has 0 spiro atoms. The Hall–Kier alpha value is -0.850. The first-order valence-corrected chi connectivity index (χ1v) is 6.72. The van der Waals surface area contributed by atoms with Gasteiger partial charge >= 0.3 is 0 Å². The number of rotatable bonds is 3. The third kappa shape index (κ3) is 2.12. The van der Waals surface area contributed by atoms with Gasteiger partial charge in [-0.1, -0.05) is 0 Å². The van der Waals surface area contributed by atoms with Crippen LogP contribution in [-0.2, 0) is 7.05 Å². The van der Waals surface area contributed by atoms with E-state index in [0.717, 1.165) is 20.6 Å². The highest BCUT2D eigenvalue weighted by atomic mass is 79.9. The van der Waals surface area contributed by atoms with Crippen LogP contribution in [0.4, 0.5) is 0 Å². The molecule has 17 heavy (non-hydrogen) atoms. The number of aliphatic hydroxyl groups is 1. The molecule has 0 amide bonds. The molecule has 0 fully saturated rings. The Morgan fingerprint density at radius 1 is 1.59 bits per heavy atom. The molecule has 0 bridgehead atoms. The van der Waals surface area contributed by atoms with Crippen molar-refractivity contribution in [1.29, 1.82) is 0 Å². The van der Waals surface area contributed by atoms with E-state index in [-0.39, 0.29) is 0 Å². The van der Waals surface area contributed by atoms with Crippen LogP contribution in [0.25, 0.3) is 0 Å². The summed E-state index contributed by atoms with van der Waals surface area (Å²) in [5.41, 5.74) is 1.50. The van der Waals surface area contributed by atoms with Gasteiger partial charge in [0.05, 0.1) is 23.2 Å². The molecule has 2 aromatic heterocycles. The molecule has 1 unspecified atom stereocenters. The summed E-state index contributed by atoms with van der Waals surface area (Å²) in [6.45, 7) is 1.86. The lowest BCUT2D eigenvalue weighted by Crippen LogP contribution is -2.02. The van der Waals surface area contributed by atoms with Crippen molar-refractivity contribution >= 4 is 27.3 Å². The first kappa shape index (κ1) is 12.6. The van der Waals surface area contributed by atoms with Crippen LogP contribution in [0.3, 0.4) is 0 Å². The smallest absolute Gasteiger partial charge is 0.217 e. The lowest BCUT2D eigenvalue weighted by Gasteiger charge is -2.11. The van der Waals surface area contributed by atoms with E-state index in [1.807, 2.05) is 18.4 Å². The number of hydrogen-bond donors (Lipinski definition) is 1. The molecular weight excluding hydrogens is 304 g/mol. The number of thiophene rings is 1. The molecule has 0 saturated heterocycles. The lowest BCUT2D eigenvalue weighted by atomic mass is 10.1. The number of aryl methyl sites for hydroxylation is 2. The molecule has 1 atom stereocenters. The minimum Gasteiger partial charge on any atom is -0.481 e. The van der Waals surface area contributed by atoms with Gasteiger partial charge in [-0.2, -0.15) is 5.10 Å². The second-order valence-corrected chi connectivity index (χ2v) is 5.47. The van der Waals surface area contributed by atoms with E-state index in [4.69, 9.17) is 4.74 Å². The highest BCUT2D eigenvalue weighted by molar-refractivity contribution is 9.10. The Morgan fingerprint density at radius 3 is 2.82 bits per heavy atom. The number of ether oxygens (including phenoxy) is 1. The van der Waals surface area contributed by atoms with Gasteiger partial charge in [0.2, 0.25) is 5.88 Å². The monoisotopic (exact) mass is 316 g/mol. The summed E-state index contributed by atoms with van der Waals surface area (Å²) < 4.78 is 7.82. The summed E-state index contributed by atoms with van der Waals surface area (Å²) in [5.74, 6) is 0.593. The van der Waals surface area contributed by atoms with Crippen molar-refractivity contribution in [3.63, 3.8) is 0 Å². The van der Waals surface area contributed by atoms with Gasteiger partial charge in [-0.15, -0.1) is 11.3 Å². The van der Waals surface area contributed by atoms with E-state index in [2.05, 4.69) is 21.0 Å². The summed E-state index contributed by atoms with van der Waals surface area (Å²) in [6, 6.07) is 1.92. The minimum absolute atomic E-state index is 0.593. The molecule has 92 valence electrons. The molecule has 1 N–H and O–H groups in total. The predicted molar refractivity (Wildman–Crippen MR) is 70.6 cm³/mol. The fourth-order valence-electron chi connectivity index (χ4n) is 1.84. The standard InChI is InChI=1S/C11H13BrN2O2S/c1-6-8(11(16-3)14(2)13-6)9(15)10-7(12)4-5-17-10/h4-5,9,15H,1-3H3. The maximum Gasteiger partial charge on any atom is 0.217 e. The SMILES string of the molecule is COc1c(C(O)c2sccc2Br)c(C)nn1C. The quantitative estimate of drug-likeness (QED) is 0.947. The molecule has 6 heteroatoms. The summed E-state index contributed by atoms with van der Waals surface area (Å²) in [7, 11) is 3.38. The number of hydrogen-bond acceptors (Lipinski definition) is 4. The van der Waals surface area contributed by atoms with Crippen LogP contribution in [0.15, 0.2) is 15.9 Å². The predicted octanol–water partition coefficient (Wildman–Crippen LogP) is 2.64. The van der Waals surface area contributed by atoms with Gasteiger partial charge in [-0.05, 0) is 34.3 Å². The van der Waals surface area contributed by atoms with Crippen LogP contribution < -0.4 is 4.74 Å². The Balaban J connectivity index is 2.50. The van der Waals surface area contributed by atoms with E-state index in [1.165, 1.54) is 11.3 Å². The van der Waals surface area contributed by atoms with Crippen molar-refractivity contribution in [3.8, 4) is 5.88 Å². The molecule has 0 saturated carbocycles. The highest BCUT2D eigenvalue weighted by Crippen LogP contribution is 2.38. The number of methoxy groups -OCH3 is 1. The Morgan fingerprint density at radius 2 is 2.29 bits per heavy atom. The zero-order valence-corrected chi connectivity index (χ0v) is 12.2. The second kappa shape index (κ2) is 4.80. The zero-order chi connectivity index (χ0) is 12.6. The van der Waals surface area contributed by atoms with Crippen molar-refractivity contribution in [3.05, 3.63) is 32.1 Å². The lowest BCUT2D eigenvalue weighted by molar-refractivity contribution is 0.216. The van der Waals surface area contributed by atoms with Crippen LogP contribution in [0.5, 0.6) is 5.88 Å². The van der Waals surface area contributed by atoms with E-state index in [1.54, 1.807) is 18.8 Å². The molecule has 2 rings (SSSR count). The maximum atomic E-state index is 10.4. The van der Waals surface area contributed by atoms with Crippen LogP contribution in [-0.4, -0.2) is 22.0 Å². The molecule has 2 heterocycles. The van der Waals surface area contributed by atoms with Gasteiger partial charge in [0.15, 0.2) is 0 Å². The molecule has 0 aliphatic rings. The van der Waals surface area contributed by atoms with Gasteiger partial charge in [0, 0.05) is 11.5 Å².